The summed E-state index contributed by atoms with van der Waals surface area (Å²) in [5.41, 5.74) is 1.51. The van der Waals surface area contributed by atoms with Crippen LogP contribution in [0, 0.1) is 0 Å². The zero-order valence-corrected chi connectivity index (χ0v) is 13.2. The lowest BCUT2D eigenvalue weighted by Crippen LogP contribution is -2.53. The van der Waals surface area contributed by atoms with E-state index in [-0.39, 0.29) is 11.9 Å². The molecule has 0 spiro atoms. The van der Waals surface area contributed by atoms with Crippen LogP contribution < -0.4 is 0 Å². The number of carbonyl (C=O) groups is 1. The first kappa shape index (κ1) is 15.7. The normalized spacial score (nSPS) is 33.7. The Hall–Kier alpha value is -1.18. The van der Waals surface area contributed by atoms with Crippen molar-refractivity contribution in [3.63, 3.8) is 0 Å². The summed E-state index contributed by atoms with van der Waals surface area (Å²) in [6.07, 6.45) is -0.268. The van der Waals surface area contributed by atoms with Gasteiger partial charge in [0.15, 0.2) is 6.29 Å². The minimum Gasteiger partial charge on any atom is -0.349 e. The Labute approximate surface area is 133 Å². The van der Waals surface area contributed by atoms with Crippen molar-refractivity contribution < 1.29 is 23.7 Å². The van der Waals surface area contributed by atoms with Gasteiger partial charge in [-0.05, 0) is 11.7 Å². The molecule has 6 heteroatoms. The predicted octanol–water partition coefficient (Wildman–Crippen LogP) is 2.29. The Balaban J connectivity index is 1.84. The van der Waals surface area contributed by atoms with Crippen LogP contribution in [0.1, 0.15) is 11.9 Å². The van der Waals surface area contributed by atoms with Crippen LogP contribution in [0.4, 0.5) is 0 Å². The molecule has 118 valence electrons. The predicted molar refractivity (Wildman–Crippen MR) is 82.3 cm³/mol. The molecule has 0 radical (unpaired) electrons. The highest BCUT2D eigenvalue weighted by Crippen LogP contribution is 2.35. The molecule has 2 fully saturated rings. The standard InChI is InChI=1S/C16H18O5S/c1-18-16-13(17)11(9-22-2)14-12(20-16)8-19-15(21-14)10-6-4-3-5-7-10/h3-7,9,12,14-16H,8H2,1-2H3/b11-9+/t12-,14+,15-,16+/m1/s1. The van der Waals surface area contributed by atoms with Gasteiger partial charge in [-0.3, -0.25) is 4.79 Å². The van der Waals surface area contributed by atoms with Gasteiger partial charge in [-0.2, -0.15) is 0 Å². The molecule has 0 aliphatic carbocycles. The number of fused-ring (bicyclic) bond motifs is 1. The average molecular weight is 322 g/mol. The molecule has 0 N–H and O–H groups in total. The van der Waals surface area contributed by atoms with E-state index in [4.69, 9.17) is 18.9 Å². The van der Waals surface area contributed by atoms with Gasteiger partial charge in [-0.1, -0.05) is 30.3 Å². The summed E-state index contributed by atoms with van der Waals surface area (Å²) in [6.45, 7) is 0.350. The summed E-state index contributed by atoms with van der Waals surface area (Å²) in [7, 11) is 1.46. The number of Topliss-reactive ketones (excluding diaryl/α,β-unsaturated/α-hetero) is 1. The second kappa shape index (κ2) is 6.93. The third-order valence-corrected chi connectivity index (χ3v) is 4.14. The molecule has 0 aromatic heterocycles. The van der Waals surface area contributed by atoms with Crippen LogP contribution in [0.25, 0.3) is 0 Å². The van der Waals surface area contributed by atoms with Crippen molar-refractivity contribution in [3.05, 3.63) is 46.9 Å². The van der Waals surface area contributed by atoms with Gasteiger partial charge < -0.3 is 18.9 Å². The zero-order valence-electron chi connectivity index (χ0n) is 12.4. The second-order valence-corrected chi connectivity index (χ2v) is 5.76. The fourth-order valence-corrected chi connectivity index (χ4v) is 3.11. The number of hydrogen-bond donors (Lipinski definition) is 0. The summed E-state index contributed by atoms with van der Waals surface area (Å²) in [6, 6.07) is 9.66. The number of thioether (sulfide) groups is 1. The largest absolute Gasteiger partial charge is 0.349 e. The third kappa shape index (κ3) is 2.98. The van der Waals surface area contributed by atoms with Crippen LogP contribution in [-0.2, 0) is 23.7 Å². The van der Waals surface area contributed by atoms with E-state index in [1.807, 2.05) is 42.0 Å². The molecular weight excluding hydrogens is 304 g/mol. The molecule has 0 saturated carbocycles. The first-order chi connectivity index (χ1) is 10.7. The van der Waals surface area contributed by atoms with E-state index in [0.717, 1.165) is 5.56 Å². The minimum atomic E-state index is -0.889. The van der Waals surface area contributed by atoms with Gasteiger partial charge in [0.1, 0.15) is 12.2 Å². The van der Waals surface area contributed by atoms with Crippen molar-refractivity contribution in [2.75, 3.05) is 20.0 Å². The first-order valence-electron chi connectivity index (χ1n) is 7.02. The lowest BCUT2D eigenvalue weighted by molar-refractivity contribution is -0.288. The van der Waals surface area contributed by atoms with Gasteiger partial charge in [0.25, 0.3) is 0 Å². The van der Waals surface area contributed by atoms with Crippen LogP contribution in [-0.4, -0.2) is 44.3 Å². The van der Waals surface area contributed by atoms with Crippen molar-refractivity contribution >= 4 is 17.5 Å². The van der Waals surface area contributed by atoms with Crippen LogP contribution in [0.15, 0.2) is 41.3 Å². The summed E-state index contributed by atoms with van der Waals surface area (Å²) in [5.74, 6) is -0.188. The second-order valence-electron chi connectivity index (χ2n) is 5.05. The van der Waals surface area contributed by atoms with Crippen LogP contribution in [0.2, 0.25) is 0 Å². The lowest BCUT2D eigenvalue weighted by Gasteiger charge is -2.41. The summed E-state index contributed by atoms with van der Waals surface area (Å²) in [5, 5.41) is 1.81. The molecule has 22 heavy (non-hydrogen) atoms. The zero-order chi connectivity index (χ0) is 15.5. The Morgan fingerprint density at radius 2 is 2.05 bits per heavy atom. The summed E-state index contributed by atoms with van der Waals surface area (Å²) in [4.78, 5) is 12.4. The maximum Gasteiger partial charge on any atom is 0.222 e. The molecule has 0 amide bonds. The Bertz CT molecular complexity index is 559. The molecule has 0 bridgehead atoms. The van der Waals surface area contributed by atoms with Crippen molar-refractivity contribution in [1.82, 2.24) is 0 Å². The molecule has 1 aromatic rings. The van der Waals surface area contributed by atoms with Crippen molar-refractivity contribution in [3.8, 4) is 0 Å². The van der Waals surface area contributed by atoms with Gasteiger partial charge in [0.05, 0.1) is 6.61 Å². The number of rotatable bonds is 3. The maximum absolute atomic E-state index is 12.4. The van der Waals surface area contributed by atoms with Crippen molar-refractivity contribution in [1.29, 1.82) is 0 Å². The fourth-order valence-electron chi connectivity index (χ4n) is 2.61. The van der Waals surface area contributed by atoms with Gasteiger partial charge in [0, 0.05) is 18.2 Å². The maximum atomic E-state index is 12.4. The highest BCUT2D eigenvalue weighted by atomic mass is 32.2. The van der Waals surface area contributed by atoms with Crippen molar-refractivity contribution in [2.24, 2.45) is 0 Å². The van der Waals surface area contributed by atoms with Crippen LogP contribution >= 0.6 is 11.8 Å². The lowest BCUT2D eigenvalue weighted by atomic mass is 9.97. The summed E-state index contributed by atoms with van der Waals surface area (Å²) >= 11 is 1.46. The molecule has 1 aromatic carbocycles. The number of carbonyl (C=O) groups excluding carboxylic acids is 1. The van der Waals surface area contributed by atoms with E-state index < -0.39 is 18.7 Å². The smallest absolute Gasteiger partial charge is 0.222 e. The molecule has 2 saturated heterocycles. The number of methoxy groups -OCH3 is 1. The van der Waals surface area contributed by atoms with Gasteiger partial charge in [0.2, 0.25) is 12.1 Å². The highest BCUT2D eigenvalue weighted by Gasteiger charge is 2.46. The molecule has 4 atom stereocenters. The van der Waals surface area contributed by atoms with Gasteiger partial charge in [-0.15, -0.1) is 11.8 Å². The fraction of sp³-hybridized carbons (Fsp3) is 0.438. The van der Waals surface area contributed by atoms with Crippen molar-refractivity contribution in [2.45, 2.75) is 24.8 Å². The molecule has 0 unspecified atom stereocenters. The summed E-state index contributed by atoms with van der Waals surface area (Å²) < 4.78 is 22.5. The van der Waals surface area contributed by atoms with Gasteiger partial charge >= 0.3 is 0 Å². The van der Waals surface area contributed by atoms with Crippen LogP contribution in [0.5, 0.6) is 0 Å². The van der Waals surface area contributed by atoms with Gasteiger partial charge in [-0.25, -0.2) is 0 Å². The minimum absolute atomic E-state index is 0.188. The molecule has 3 rings (SSSR count). The Morgan fingerprint density at radius 3 is 2.73 bits per heavy atom. The van der Waals surface area contributed by atoms with Crippen LogP contribution in [0.3, 0.4) is 0 Å². The van der Waals surface area contributed by atoms with E-state index in [1.54, 1.807) is 0 Å². The average Bonchev–Trinajstić information content (AvgIpc) is 2.57. The van der Waals surface area contributed by atoms with E-state index in [0.29, 0.717) is 12.2 Å². The Morgan fingerprint density at radius 1 is 1.27 bits per heavy atom. The molecule has 2 heterocycles. The Kier molecular flexibility index (Phi) is 4.95. The number of benzene rings is 1. The van der Waals surface area contributed by atoms with E-state index in [9.17, 15) is 4.79 Å². The van der Waals surface area contributed by atoms with E-state index >= 15 is 0 Å². The topological polar surface area (TPSA) is 54.0 Å². The monoisotopic (exact) mass is 322 g/mol. The third-order valence-electron chi connectivity index (χ3n) is 3.65. The molecular formula is C16H18O5S. The quantitative estimate of drug-likeness (QED) is 0.796. The molecule has 5 nitrogen and oxygen atoms in total. The molecule has 2 aliphatic heterocycles. The number of hydrogen-bond acceptors (Lipinski definition) is 6. The SMILES string of the molecule is CO[C@H]1O[C@@H]2CO[C@@H](c3ccccc3)O[C@H]2/C(=C/SC)C1=O. The first-order valence-corrected chi connectivity index (χ1v) is 8.30. The molecule has 2 aliphatic rings. The van der Waals surface area contributed by atoms with E-state index in [1.165, 1.54) is 18.9 Å². The number of ketones is 1. The number of ether oxygens (including phenoxy) is 4. The highest BCUT2D eigenvalue weighted by molar-refractivity contribution is 8.01. The van der Waals surface area contributed by atoms with E-state index in [2.05, 4.69) is 0 Å².